The molecule has 1 aliphatic heterocycles. The molecule has 0 aliphatic carbocycles. The third-order valence-corrected chi connectivity index (χ3v) is 6.23. The molecule has 174 valence electrons. The maximum atomic E-state index is 6.54. The number of aryl methyl sites for hydroxylation is 1. The first-order chi connectivity index (χ1) is 16.5. The number of hydrogen-bond donors (Lipinski definition) is 3. The Hall–Kier alpha value is -3.69. The lowest BCUT2D eigenvalue weighted by atomic mass is 10.0. The summed E-state index contributed by atoms with van der Waals surface area (Å²) in [5.74, 6) is 0.238. The van der Waals surface area contributed by atoms with E-state index in [1.54, 1.807) is 4.68 Å². The lowest BCUT2D eigenvalue weighted by molar-refractivity contribution is 0.609. The van der Waals surface area contributed by atoms with Gasteiger partial charge >= 0.3 is 0 Å². The third kappa shape index (κ3) is 4.27. The van der Waals surface area contributed by atoms with E-state index in [9.17, 15) is 0 Å². The van der Waals surface area contributed by atoms with Gasteiger partial charge in [-0.15, -0.1) is 0 Å². The second kappa shape index (κ2) is 9.28. The van der Waals surface area contributed by atoms with Crippen LogP contribution in [0.4, 0.5) is 5.69 Å². The summed E-state index contributed by atoms with van der Waals surface area (Å²) >= 11 is 6.54. The number of pyridine rings is 1. The monoisotopic (exact) mass is 475 g/mol. The predicted octanol–water partition coefficient (Wildman–Crippen LogP) is 3.31. The minimum Gasteiger partial charge on any atom is -0.368 e. The summed E-state index contributed by atoms with van der Waals surface area (Å²) in [4.78, 5) is 19.3. The molecular weight excluding hydrogens is 450 g/mol. The molecular formula is C24H26ClN9. The van der Waals surface area contributed by atoms with E-state index in [0.717, 1.165) is 45.5 Å². The molecule has 4 aromatic rings. The molecule has 3 aromatic heterocycles. The molecule has 5 rings (SSSR count). The first kappa shape index (κ1) is 22.1. The Balaban J connectivity index is 1.51. The Kier molecular flexibility index (Phi) is 6.04. The van der Waals surface area contributed by atoms with Crippen LogP contribution in [0, 0.1) is 0 Å². The highest BCUT2D eigenvalue weighted by molar-refractivity contribution is 6.33. The van der Waals surface area contributed by atoms with Crippen molar-refractivity contribution in [3.63, 3.8) is 0 Å². The van der Waals surface area contributed by atoms with Crippen molar-refractivity contribution in [3.05, 3.63) is 65.7 Å². The molecule has 1 aliphatic rings. The molecule has 4 heterocycles. The quantitative estimate of drug-likeness (QED) is 0.378. The van der Waals surface area contributed by atoms with Crippen LogP contribution in [0.3, 0.4) is 0 Å². The van der Waals surface area contributed by atoms with Crippen LogP contribution < -0.4 is 16.4 Å². The Morgan fingerprint density at radius 1 is 1.24 bits per heavy atom. The molecule has 1 unspecified atom stereocenters. The normalized spacial score (nSPS) is 15.9. The van der Waals surface area contributed by atoms with Gasteiger partial charge in [-0.1, -0.05) is 23.7 Å². The van der Waals surface area contributed by atoms with E-state index in [-0.39, 0.29) is 12.1 Å². The van der Waals surface area contributed by atoms with Crippen molar-refractivity contribution in [2.75, 3.05) is 18.0 Å². The van der Waals surface area contributed by atoms with Gasteiger partial charge in [0, 0.05) is 60.7 Å². The van der Waals surface area contributed by atoms with E-state index < -0.39 is 0 Å². The number of nitrogens with zero attached hydrogens (tertiary/aromatic N) is 6. The summed E-state index contributed by atoms with van der Waals surface area (Å²) in [5, 5.41) is 5.91. The molecule has 9 nitrogen and oxygen atoms in total. The summed E-state index contributed by atoms with van der Waals surface area (Å²) in [6.07, 6.45) is 8.68. The molecule has 1 atom stereocenters. The molecule has 0 saturated carbocycles. The standard InChI is InChI=1S/C24H26ClN9/c1-33-14-16(12-30-33)15-9-17-18(13-29-23(17)28-11-15)20-10-22(32-24(27)31-20)34(8-4-7-26)21-6-3-2-5-19(21)25/h2-3,5-6,9,11-14,22H,4,7-8,10,26H2,1H3,(H2,27,32)(H,28,29). The van der Waals surface area contributed by atoms with E-state index in [4.69, 9.17) is 23.1 Å². The largest absolute Gasteiger partial charge is 0.368 e. The lowest BCUT2D eigenvalue weighted by Crippen LogP contribution is -2.41. The first-order valence-corrected chi connectivity index (χ1v) is 11.5. The number of nitrogens with two attached hydrogens (primary N) is 2. The number of hydrogen-bond acceptors (Lipinski definition) is 7. The zero-order chi connectivity index (χ0) is 23.7. The van der Waals surface area contributed by atoms with Gasteiger partial charge in [-0.2, -0.15) is 5.10 Å². The van der Waals surface area contributed by atoms with E-state index in [1.807, 2.05) is 56.1 Å². The van der Waals surface area contributed by atoms with Gasteiger partial charge < -0.3 is 21.4 Å². The molecule has 10 heteroatoms. The van der Waals surface area contributed by atoms with Crippen LogP contribution >= 0.6 is 11.6 Å². The van der Waals surface area contributed by atoms with E-state index >= 15 is 0 Å². The Bertz CT molecular complexity index is 1380. The van der Waals surface area contributed by atoms with Gasteiger partial charge in [-0.25, -0.2) is 15.0 Å². The average Bonchev–Trinajstić information content (AvgIpc) is 3.46. The van der Waals surface area contributed by atoms with Crippen LogP contribution in [0.5, 0.6) is 0 Å². The Morgan fingerprint density at radius 3 is 2.85 bits per heavy atom. The minimum atomic E-state index is -0.252. The number of H-pyrrole nitrogens is 1. The van der Waals surface area contributed by atoms with Crippen LogP contribution in [0.1, 0.15) is 18.4 Å². The van der Waals surface area contributed by atoms with Gasteiger partial charge in [0.1, 0.15) is 11.8 Å². The van der Waals surface area contributed by atoms with Crippen LogP contribution in [-0.2, 0) is 7.05 Å². The van der Waals surface area contributed by atoms with Gasteiger partial charge in [0.05, 0.1) is 22.6 Å². The maximum absolute atomic E-state index is 6.54. The smallest absolute Gasteiger partial charge is 0.217 e. The average molecular weight is 476 g/mol. The lowest BCUT2D eigenvalue weighted by Gasteiger charge is -2.33. The van der Waals surface area contributed by atoms with Crippen molar-refractivity contribution in [1.82, 2.24) is 19.7 Å². The molecule has 0 saturated heterocycles. The zero-order valence-electron chi connectivity index (χ0n) is 18.8. The second-order valence-corrected chi connectivity index (χ2v) is 8.65. The second-order valence-electron chi connectivity index (χ2n) is 8.24. The summed E-state index contributed by atoms with van der Waals surface area (Å²) in [6, 6.07) is 9.85. The summed E-state index contributed by atoms with van der Waals surface area (Å²) in [7, 11) is 1.89. The van der Waals surface area contributed by atoms with Crippen molar-refractivity contribution < 1.29 is 0 Å². The fourth-order valence-corrected chi connectivity index (χ4v) is 4.53. The summed E-state index contributed by atoms with van der Waals surface area (Å²) in [6.45, 7) is 1.27. The number of nitrogens with one attached hydrogen (secondary N) is 1. The van der Waals surface area contributed by atoms with Gasteiger partial charge in [0.15, 0.2) is 0 Å². The molecule has 1 aromatic carbocycles. The number of aromatic amines is 1. The van der Waals surface area contributed by atoms with Gasteiger partial charge in [0.2, 0.25) is 5.96 Å². The Morgan fingerprint density at radius 2 is 2.09 bits per heavy atom. The molecule has 0 radical (unpaired) electrons. The fraction of sp³-hybridized carbons (Fsp3) is 0.250. The molecule has 34 heavy (non-hydrogen) atoms. The molecule has 5 N–H and O–H groups in total. The SMILES string of the molecule is Cn1cc(-c2cnc3[nH]cc(C4=NC(N)=NC(N(CCCN)c5ccccc5Cl)C4)c3c2)cn1. The number of halogens is 1. The fourth-order valence-electron chi connectivity index (χ4n) is 4.28. The summed E-state index contributed by atoms with van der Waals surface area (Å²) < 4.78 is 1.77. The van der Waals surface area contributed by atoms with Crippen molar-refractivity contribution in [3.8, 4) is 11.1 Å². The number of fused-ring (bicyclic) bond motifs is 1. The topological polar surface area (TPSA) is 126 Å². The molecule has 0 amide bonds. The maximum Gasteiger partial charge on any atom is 0.217 e. The highest BCUT2D eigenvalue weighted by atomic mass is 35.5. The number of rotatable bonds is 7. The van der Waals surface area contributed by atoms with Crippen molar-refractivity contribution in [2.45, 2.75) is 19.0 Å². The van der Waals surface area contributed by atoms with E-state index in [2.05, 4.69) is 36.0 Å². The van der Waals surface area contributed by atoms with Gasteiger partial charge in [-0.3, -0.25) is 4.68 Å². The van der Waals surface area contributed by atoms with Crippen molar-refractivity contribution in [2.24, 2.45) is 28.5 Å². The molecule has 0 bridgehead atoms. The first-order valence-electron chi connectivity index (χ1n) is 11.1. The zero-order valence-corrected chi connectivity index (χ0v) is 19.6. The van der Waals surface area contributed by atoms with Crippen LogP contribution in [0.2, 0.25) is 5.02 Å². The van der Waals surface area contributed by atoms with Crippen LogP contribution in [-0.4, -0.2) is 50.7 Å². The number of guanidine groups is 1. The number of para-hydroxylation sites is 1. The number of aromatic nitrogens is 4. The van der Waals surface area contributed by atoms with Gasteiger partial charge in [-0.05, 0) is 31.2 Å². The molecule has 0 fully saturated rings. The van der Waals surface area contributed by atoms with Crippen LogP contribution in [0.15, 0.2) is 65.1 Å². The predicted molar refractivity (Wildman–Crippen MR) is 137 cm³/mol. The van der Waals surface area contributed by atoms with E-state index in [1.165, 1.54) is 0 Å². The van der Waals surface area contributed by atoms with E-state index in [0.29, 0.717) is 24.5 Å². The summed E-state index contributed by atoms with van der Waals surface area (Å²) in [5.41, 5.74) is 17.5. The van der Waals surface area contributed by atoms with Crippen molar-refractivity contribution in [1.29, 1.82) is 0 Å². The minimum absolute atomic E-state index is 0.238. The Labute approximate surface area is 202 Å². The van der Waals surface area contributed by atoms with Crippen LogP contribution in [0.25, 0.3) is 22.2 Å². The number of anilines is 1. The molecule has 0 spiro atoms. The highest BCUT2D eigenvalue weighted by Crippen LogP contribution is 2.31. The third-order valence-electron chi connectivity index (χ3n) is 5.91. The van der Waals surface area contributed by atoms with Crippen molar-refractivity contribution >= 4 is 40.0 Å². The van der Waals surface area contributed by atoms with Gasteiger partial charge in [0.25, 0.3) is 0 Å². The number of aliphatic imine (C=N–C) groups is 2. The number of benzene rings is 1. The highest BCUT2D eigenvalue weighted by Gasteiger charge is 2.27.